The number of nitrogens with zero attached hydrogens (tertiary/aromatic N) is 3. The molecule has 8 nitrogen and oxygen atoms in total. The topological polar surface area (TPSA) is 116 Å². The summed E-state index contributed by atoms with van der Waals surface area (Å²) in [6.07, 6.45) is 1.82. The molecule has 2 heterocycles. The fourth-order valence-electron chi connectivity index (χ4n) is 3.40. The minimum Gasteiger partial charge on any atom is -0.397 e. The summed E-state index contributed by atoms with van der Waals surface area (Å²) >= 11 is 6.34. The van der Waals surface area contributed by atoms with E-state index in [1.54, 1.807) is 0 Å². The minimum atomic E-state index is 0.280. The van der Waals surface area contributed by atoms with E-state index in [9.17, 15) is 0 Å². The number of ether oxygens (including phenoxy) is 1. The second kappa shape index (κ2) is 10.5. The number of aliphatic imine (C=N–C) groups is 1. The highest BCUT2D eigenvalue weighted by Gasteiger charge is 2.19. The Morgan fingerprint density at radius 1 is 1.30 bits per heavy atom. The Morgan fingerprint density at radius 3 is 2.77 bits per heavy atom. The second-order valence-electron chi connectivity index (χ2n) is 7.37. The molecule has 3 rings (SSSR count). The van der Waals surface area contributed by atoms with Crippen LogP contribution in [0.15, 0.2) is 52.5 Å². The second-order valence-corrected chi connectivity index (χ2v) is 7.78. The van der Waals surface area contributed by atoms with E-state index in [1.807, 2.05) is 37.3 Å². The maximum absolute atomic E-state index is 8.19. The summed E-state index contributed by atoms with van der Waals surface area (Å²) in [6, 6.07) is 7.77. The maximum Gasteiger partial charge on any atom is 0.135 e. The van der Waals surface area contributed by atoms with Crippen LogP contribution in [0, 0.1) is 5.41 Å². The van der Waals surface area contributed by atoms with Crippen molar-refractivity contribution in [2.45, 2.75) is 13.5 Å². The smallest absolute Gasteiger partial charge is 0.135 e. The summed E-state index contributed by atoms with van der Waals surface area (Å²) in [6.45, 7) is 7.45. The molecule has 1 aromatic carbocycles. The van der Waals surface area contributed by atoms with Gasteiger partial charge in [-0.05, 0) is 24.6 Å². The van der Waals surface area contributed by atoms with E-state index in [1.165, 1.54) is 0 Å². The molecule has 0 amide bonds. The molecule has 9 heteroatoms. The van der Waals surface area contributed by atoms with Gasteiger partial charge in [0.2, 0.25) is 0 Å². The molecule has 30 heavy (non-hydrogen) atoms. The lowest BCUT2D eigenvalue weighted by atomic mass is 10.1. The number of nitrogens with two attached hydrogens (primary N) is 2. The molecule has 2 aliphatic heterocycles. The molecule has 1 aromatic rings. The van der Waals surface area contributed by atoms with Crippen LogP contribution in [0.5, 0.6) is 0 Å². The van der Waals surface area contributed by atoms with Crippen molar-refractivity contribution in [1.29, 1.82) is 5.41 Å². The zero-order chi connectivity index (χ0) is 21.5. The monoisotopic (exact) mass is 431 g/mol. The van der Waals surface area contributed by atoms with E-state index in [0.717, 1.165) is 42.5 Å². The summed E-state index contributed by atoms with van der Waals surface area (Å²) in [5, 5.41) is 12.1. The molecule has 2 aliphatic rings. The zero-order valence-electron chi connectivity index (χ0n) is 17.3. The lowest BCUT2D eigenvalue weighted by Crippen LogP contribution is -2.41. The maximum atomic E-state index is 8.19. The third kappa shape index (κ3) is 5.98. The predicted octanol–water partition coefficient (Wildman–Crippen LogP) is 1.49. The summed E-state index contributed by atoms with van der Waals surface area (Å²) in [4.78, 5) is 8.68. The van der Waals surface area contributed by atoms with Crippen molar-refractivity contribution in [2.24, 2.45) is 16.5 Å². The van der Waals surface area contributed by atoms with Crippen LogP contribution in [0.2, 0.25) is 5.02 Å². The highest BCUT2D eigenvalue weighted by Crippen LogP contribution is 2.22. The molecule has 0 atom stereocenters. The van der Waals surface area contributed by atoms with Gasteiger partial charge in [0.1, 0.15) is 11.7 Å². The Kier molecular flexibility index (Phi) is 7.73. The number of nitrogens with one attached hydrogen (secondary N) is 2. The van der Waals surface area contributed by atoms with Gasteiger partial charge < -0.3 is 26.4 Å². The van der Waals surface area contributed by atoms with Crippen LogP contribution in [-0.2, 0) is 11.3 Å². The van der Waals surface area contributed by atoms with Gasteiger partial charge in [-0.25, -0.2) is 4.99 Å². The molecule has 0 aromatic heterocycles. The van der Waals surface area contributed by atoms with Crippen molar-refractivity contribution in [3.8, 4) is 0 Å². The molecule has 0 saturated carbocycles. The highest BCUT2D eigenvalue weighted by atomic mass is 35.5. The summed E-state index contributed by atoms with van der Waals surface area (Å²) in [7, 11) is 0. The Morgan fingerprint density at radius 2 is 2.03 bits per heavy atom. The van der Waals surface area contributed by atoms with E-state index in [0.29, 0.717) is 43.5 Å². The molecule has 162 valence electrons. The molecule has 6 N–H and O–H groups in total. The quantitative estimate of drug-likeness (QED) is 0.400. The molecule has 0 spiro atoms. The van der Waals surface area contributed by atoms with Crippen LogP contribution in [-0.4, -0.2) is 67.3 Å². The molecular weight excluding hydrogens is 402 g/mol. The van der Waals surface area contributed by atoms with Gasteiger partial charge in [-0.2, -0.15) is 0 Å². The Balaban J connectivity index is 1.72. The molecule has 0 unspecified atom stereocenters. The molecule has 1 saturated heterocycles. The number of benzene rings is 1. The number of hydrogen-bond donors (Lipinski definition) is 4. The van der Waals surface area contributed by atoms with Crippen molar-refractivity contribution in [1.82, 2.24) is 15.1 Å². The van der Waals surface area contributed by atoms with Gasteiger partial charge in [0, 0.05) is 37.7 Å². The van der Waals surface area contributed by atoms with Gasteiger partial charge in [-0.1, -0.05) is 29.8 Å². The van der Waals surface area contributed by atoms with Gasteiger partial charge in [0.25, 0.3) is 0 Å². The summed E-state index contributed by atoms with van der Waals surface area (Å²) in [5.41, 5.74) is 15.4. The van der Waals surface area contributed by atoms with Gasteiger partial charge in [-0.3, -0.25) is 10.3 Å². The summed E-state index contributed by atoms with van der Waals surface area (Å²) < 4.78 is 5.34. The SMILES string of the molecule is CC(=N\C(=N)CN1CCOCC1)/C(N)=C/C1=C(N)NCCN1Cc1ccccc1Cl. The van der Waals surface area contributed by atoms with Crippen molar-refractivity contribution >= 4 is 23.1 Å². The summed E-state index contributed by atoms with van der Waals surface area (Å²) in [5.74, 6) is 0.842. The predicted molar refractivity (Wildman–Crippen MR) is 121 cm³/mol. The molecule has 0 radical (unpaired) electrons. The number of rotatable bonds is 6. The first kappa shape index (κ1) is 22.1. The van der Waals surface area contributed by atoms with E-state index in [4.69, 9.17) is 33.2 Å². The van der Waals surface area contributed by atoms with E-state index >= 15 is 0 Å². The lowest BCUT2D eigenvalue weighted by molar-refractivity contribution is 0.0451. The average Bonchev–Trinajstić information content (AvgIpc) is 2.72. The lowest BCUT2D eigenvalue weighted by Gasteiger charge is -2.32. The van der Waals surface area contributed by atoms with Gasteiger partial charge >= 0.3 is 0 Å². The van der Waals surface area contributed by atoms with Crippen LogP contribution < -0.4 is 16.8 Å². The van der Waals surface area contributed by atoms with Crippen LogP contribution >= 0.6 is 11.6 Å². The van der Waals surface area contributed by atoms with Crippen molar-refractivity contribution in [3.05, 3.63) is 58.1 Å². The van der Waals surface area contributed by atoms with Gasteiger partial charge in [0.15, 0.2) is 0 Å². The van der Waals surface area contributed by atoms with Crippen molar-refractivity contribution < 1.29 is 4.74 Å². The van der Waals surface area contributed by atoms with E-state index in [2.05, 4.69) is 20.1 Å². The first-order valence-corrected chi connectivity index (χ1v) is 10.4. The van der Waals surface area contributed by atoms with E-state index < -0.39 is 0 Å². The van der Waals surface area contributed by atoms with Crippen LogP contribution in [0.3, 0.4) is 0 Å². The molecule has 0 bridgehead atoms. The number of halogens is 1. The Bertz CT molecular complexity index is 859. The zero-order valence-corrected chi connectivity index (χ0v) is 18.1. The number of amidine groups is 1. The molecular formula is C21H30ClN7O. The van der Waals surface area contributed by atoms with Gasteiger partial charge in [-0.15, -0.1) is 0 Å². The van der Waals surface area contributed by atoms with Crippen molar-refractivity contribution in [3.63, 3.8) is 0 Å². The third-order valence-corrected chi connectivity index (χ3v) is 5.49. The number of hydrogen-bond acceptors (Lipinski definition) is 7. The van der Waals surface area contributed by atoms with Crippen LogP contribution in [0.1, 0.15) is 12.5 Å². The fraction of sp³-hybridized carbons (Fsp3) is 0.429. The molecule has 0 aliphatic carbocycles. The minimum absolute atomic E-state index is 0.280. The molecule has 1 fully saturated rings. The normalized spacial score (nSPS) is 19.1. The van der Waals surface area contributed by atoms with Crippen LogP contribution in [0.4, 0.5) is 0 Å². The largest absolute Gasteiger partial charge is 0.397 e. The fourth-order valence-corrected chi connectivity index (χ4v) is 3.59. The number of morpholine rings is 1. The standard InChI is InChI=1S/C21H30ClN7O/c1-15(27-20(24)14-28-8-10-30-11-9-28)18(23)12-19-21(25)26-6-7-29(19)13-16-4-2-3-5-17(16)22/h2-5,12,24,26H,6-11,13-14,23,25H2,1H3/b18-12-,24-20?,27-15+. The van der Waals surface area contributed by atoms with Crippen LogP contribution in [0.25, 0.3) is 0 Å². The number of allylic oxidation sites excluding steroid dienone is 2. The van der Waals surface area contributed by atoms with Crippen molar-refractivity contribution in [2.75, 3.05) is 45.9 Å². The first-order chi connectivity index (χ1) is 14.4. The Labute approximate surface area is 182 Å². The average molecular weight is 432 g/mol. The Hall–Kier alpha value is -2.55. The third-order valence-electron chi connectivity index (χ3n) is 5.12. The highest BCUT2D eigenvalue weighted by molar-refractivity contribution is 6.31. The van der Waals surface area contributed by atoms with Gasteiger partial charge in [0.05, 0.1) is 36.9 Å². The first-order valence-electron chi connectivity index (χ1n) is 10.1. The van der Waals surface area contributed by atoms with E-state index in [-0.39, 0.29) is 5.84 Å².